The SMILES string of the molecule is COC(=O)N1CCc2ccc3c(nc([C@H]4CC[C@H](C(=O)O)CC4)n3CC(F)(F)c3ccccc3)c2C1. The number of amides is 1. The molecule has 1 fully saturated rings. The fourth-order valence-corrected chi connectivity index (χ4v) is 5.58. The number of methoxy groups -OCH3 is 1. The Kier molecular flexibility index (Phi) is 6.40. The molecule has 1 aliphatic heterocycles. The quantitative estimate of drug-likeness (QED) is 0.516. The second kappa shape index (κ2) is 9.52. The fourth-order valence-electron chi connectivity index (χ4n) is 5.58. The molecule has 1 aromatic heterocycles. The van der Waals surface area contributed by atoms with Crippen molar-refractivity contribution in [3.8, 4) is 0 Å². The van der Waals surface area contributed by atoms with Gasteiger partial charge in [0.25, 0.3) is 5.92 Å². The maximum absolute atomic E-state index is 15.5. The third-order valence-electron chi connectivity index (χ3n) is 7.58. The second-order valence-electron chi connectivity index (χ2n) is 9.73. The molecule has 7 nitrogen and oxygen atoms in total. The number of carbonyl (C=O) groups is 2. The molecule has 0 unspecified atom stereocenters. The number of fused-ring (bicyclic) bond motifs is 3. The average molecular weight is 498 g/mol. The molecule has 2 aromatic carbocycles. The first-order chi connectivity index (χ1) is 17.3. The van der Waals surface area contributed by atoms with E-state index >= 15 is 8.78 Å². The van der Waals surface area contributed by atoms with Crippen LogP contribution in [0.15, 0.2) is 42.5 Å². The van der Waals surface area contributed by atoms with E-state index < -0.39 is 30.4 Å². The van der Waals surface area contributed by atoms with E-state index in [1.807, 2.05) is 12.1 Å². The largest absolute Gasteiger partial charge is 0.481 e. The highest BCUT2D eigenvalue weighted by Crippen LogP contribution is 2.40. The molecule has 190 valence electrons. The Bertz CT molecular complexity index is 1280. The van der Waals surface area contributed by atoms with E-state index in [4.69, 9.17) is 9.72 Å². The maximum Gasteiger partial charge on any atom is 0.409 e. The van der Waals surface area contributed by atoms with Crippen molar-refractivity contribution >= 4 is 23.1 Å². The Morgan fingerprint density at radius 2 is 1.83 bits per heavy atom. The van der Waals surface area contributed by atoms with Crippen LogP contribution in [0.2, 0.25) is 0 Å². The molecule has 0 saturated heterocycles. The van der Waals surface area contributed by atoms with E-state index in [1.54, 1.807) is 27.7 Å². The van der Waals surface area contributed by atoms with Crippen LogP contribution in [0.4, 0.5) is 13.6 Å². The Morgan fingerprint density at radius 3 is 2.50 bits per heavy atom. The number of carbonyl (C=O) groups excluding carboxylic acids is 1. The van der Waals surface area contributed by atoms with Crippen LogP contribution in [-0.2, 0) is 35.0 Å². The zero-order valence-corrected chi connectivity index (χ0v) is 20.1. The number of carboxylic acid groups (broad SMARTS) is 1. The molecule has 2 heterocycles. The fraction of sp³-hybridized carbons (Fsp3) is 0.444. The first-order valence-electron chi connectivity index (χ1n) is 12.3. The van der Waals surface area contributed by atoms with Crippen molar-refractivity contribution in [1.29, 1.82) is 0 Å². The monoisotopic (exact) mass is 497 g/mol. The van der Waals surface area contributed by atoms with Gasteiger partial charge >= 0.3 is 12.1 Å². The lowest BCUT2D eigenvalue weighted by Gasteiger charge is -2.28. The molecule has 5 rings (SSSR count). The normalized spacial score (nSPS) is 20.2. The van der Waals surface area contributed by atoms with Crippen LogP contribution in [0.1, 0.15) is 54.1 Å². The van der Waals surface area contributed by atoms with E-state index in [0.717, 1.165) is 11.1 Å². The Morgan fingerprint density at radius 1 is 1.11 bits per heavy atom. The third kappa shape index (κ3) is 4.42. The Hall–Kier alpha value is -3.49. The Balaban J connectivity index is 1.58. The molecule has 0 bridgehead atoms. The van der Waals surface area contributed by atoms with Crippen molar-refractivity contribution in [3.05, 3.63) is 65.0 Å². The topological polar surface area (TPSA) is 84.7 Å². The van der Waals surface area contributed by atoms with Crippen molar-refractivity contribution in [2.75, 3.05) is 13.7 Å². The number of aromatic nitrogens is 2. The molecule has 0 spiro atoms. The number of alkyl halides is 2. The smallest absolute Gasteiger partial charge is 0.409 e. The number of halogens is 2. The third-order valence-corrected chi connectivity index (χ3v) is 7.58. The van der Waals surface area contributed by atoms with Crippen LogP contribution in [0.3, 0.4) is 0 Å². The summed E-state index contributed by atoms with van der Waals surface area (Å²) in [7, 11) is 1.34. The van der Waals surface area contributed by atoms with Gasteiger partial charge in [-0.1, -0.05) is 36.4 Å². The van der Waals surface area contributed by atoms with Crippen LogP contribution in [-0.4, -0.2) is 45.3 Å². The van der Waals surface area contributed by atoms with Gasteiger partial charge in [-0.25, -0.2) is 9.78 Å². The first kappa shape index (κ1) is 24.2. The van der Waals surface area contributed by atoms with E-state index in [2.05, 4.69) is 0 Å². The van der Waals surface area contributed by atoms with Gasteiger partial charge < -0.3 is 19.3 Å². The number of ether oxygens (including phenoxy) is 1. The summed E-state index contributed by atoms with van der Waals surface area (Å²) in [6.07, 6.45) is 2.34. The molecule has 1 amide bonds. The lowest BCUT2D eigenvalue weighted by atomic mass is 9.81. The lowest BCUT2D eigenvalue weighted by Crippen LogP contribution is -2.35. The molecule has 36 heavy (non-hydrogen) atoms. The van der Waals surface area contributed by atoms with Crippen molar-refractivity contribution in [2.24, 2.45) is 5.92 Å². The van der Waals surface area contributed by atoms with Gasteiger partial charge in [-0.15, -0.1) is 0 Å². The minimum absolute atomic E-state index is 0.0674. The van der Waals surface area contributed by atoms with Gasteiger partial charge in [0.2, 0.25) is 0 Å². The number of rotatable bonds is 5. The summed E-state index contributed by atoms with van der Waals surface area (Å²) < 4.78 is 37.6. The van der Waals surface area contributed by atoms with E-state index in [0.29, 0.717) is 62.1 Å². The number of aliphatic carboxylic acids is 1. The predicted molar refractivity (Wildman–Crippen MR) is 129 cm³/mol. The zero-order chi connectivity index (χ0) is 25.4. The first-order valence-corrected chi connectivity index (χ1v) is 12.3. The van der Waals surface area contributed by atoms with E-state index in [-0.39, 0.29) is 11.5 Å². The highest BCUT2D eigenvalue weighted by Gasteiger charge is 2.37. The van der Waals surface area contributed by atoms with E-state index in [9.17, 15) is 14.7 Å². The summed E-state index contributed by atoms with van der Waals surface area (Å²) >= 11 is 0. The van der Waals surface area contributed by atoms with Crippen LogP contribution >= 0.6 is 0 Å². The predicted octanol–water partition coefficient (Wildman–Crippen LogP) is 5.31. The number of hydrogen-bond acceptors (Lipinski definition) is 4. The molecule has 2 aliphatic rings. The summed E-state index contributed by atoms with van der Waals surface area (Å²) in [5.41, 5.74) is 3.06. The second-order valence-corrected chi connectivity index (χ2v) is 9.73. The Labute approximate surface area is 207 Å². The van der Waals surface area contributed by atoms with Crippen LogP contribution in [0, 0.1) is 5.92 Å². The van der Waals surface area contributed by atoms with Crippen molar-refractivity contribution in [2.45, 2.75) is 57.0 Å². The standard InChI is InChI=1S/C27H29F2N3O4/c1-36-26(35)31-14-13-17-11-12-22-23(21(17)15-31)30-24(18-7-9-19(10-8-18)25(33)34)32(22)16-27(28,29)20-5-3-2-4-6-20/h2-6,11-12,18-19H,7-10,13-16H2,1H3,(H,33,34)/t18-,19-. The highest BCUT2D eigenvalue weighted by molar-refractivity contribution is 5.82. The minimum Gasteiger partial charge on any atom is -0.481 e. The van der Waals surface area contributed by atoms with Gasteiger partial charge in [0.15, 0.2) is 0 Å². The molecule has 1 N–H and O–H groups in total. The zero-order valence-electron chi connectivity index (χ0n) is 20.1. The number of benzene rings is 2. The van der Waals surface area contributed by atoms with Gasteiger partial charge in [-0.05, 0) is 43.7 Å². The van der Waals surface area contributed by atoms with Crippen LogP contribution in [0.25, 0.3) is 11.0 Å². The summed E-state index contributed by atoms with van der Waals surface area (Å²) in [6.45, 7) is 0.252. The van der Waals surface area contributed by atoms with Crippen LogP contribution in [0.5, 0.6) is 0 Å². The lowest BCUT2D eigenvalue weighted by molar-refractivity contribution is -0.142. The number of imidazole rings is 1. The maximum atomic E-state index is 15.5. The van der Waals surface area contributed by atoms with Gasteiger partial charge in [-0.2, -0.15) is 8.78 Å². The average Bonchev–Trinajstić information content (AvgIpc) is 3.26. The number of hydrogen-bond donors (Lipinski definition) is 1. The van der Waals surface area contributed by atoms with Crippen molar-refractivity contribution in [1.82, 2.24) is 14.5 Å². The summed E-state index contributed by atoms with van der Waals surface area (Å²) in [5, 5.41) is 9.40. The molecular formula is C27H29F2N3O4. The highest BCUT2D eigenvalue weighted by atomic mass is 19.3. The molecule has 0 atom stereocenters. The summed E-state index contributed by atoms with van der Waals surface area (Å²) in [6, 6.07) is 11.5. The van der Waals surface area contributed by atoms with Crippen molar-refractivity contribution in [3.63, 3.8) is 0 Å². The van der Waals surface area contributed by atoms with Gasteiger partial charge in [-0.3, -0.25) is 4.79 Å². The number of carboxylic acids is 1. The van der Waals surface area contributed by atoms with E-state index in [1.165, 1.54) is 19.2 Å². The van der Waals surface area contributed by atoms with Gasteiger partial charge in [0, 0.05) is 23.6 Å². The van der Waals surface area contributed by atoms with Crippen LogP contribution < -0.4 is 0 Å². The number of nitrogens with zero attached hydrogens (tertiary/aromatic N) is 3. The minimum atomic E-state index is -3.13. The molecule has 3 aromatic rings. The molecule has 9 heteroatoms. The molecule has 0 radical (unpaired) electrons. The molecular weight excluding hydrogens is 468 g/mol. The van der Waals surface area contributed by atoms with Gasteiger partial charge in [0.05, 0.1) is 37.2 Å². The summed E-state index contributed by atoms with van der Waals surface area (Å²) in [5.74, 6) is -3.90. The summed E-state index contributed by atoms with van der Waals surface area (Å²) in [4.78, 5) is 30.2. The molecule has 1 saturated carbocycles. The van der Waals surface area contributed by atoms with Crippen molar-refractivity contribution < 1.29 is 28.2 Å². The molecule has 1 aliphatic carbocycles. The van der Waals surface area contributed by atoms with Gasteiger partial charge in [0.1, 0.15) is 5.82 Å².